The molecule has 2 N–H and O–H groups in total. The minimum Gasteiger partial charge on any atom is -0.496 e. The van der Waals surface area contributed by atoms with Gasteiger partial charge < -0.3 is 10.5 Å². The number of hydrogen-bond donors (Lipinski definition) is 1. The Morgan fingerprint density at radius 2 is 1.93 bits per heavy atom. The summed E-state index contributed by atoms with van der Waals surface area (Å²) in [5.41, 5.74) is 8.34. The van der Waals surface area contributed by atoms with E-state index in [0.717, 1.165) is 16.9 Å². The SMILES string of the molecule is COc1cc([C@H](N)C(C)C)ccc1C. The van der Waals surface area contributed by atoms with E-state index in [1.165, 1.54) is 0 Å². The van der Waals surface area contributed by atoms with Crippen LogP contribution in [0.4, 0.5) is 0 Å². The number of hydrogen-bond acceptors (Lipinski definition) is 2. The minimum absolute atomic E-state index is 0.0875. The van der Waals surface area contributed by atoms with Gasteiger partial charge in [-0.15, -0.1) is 0 Å². The fourth-order valence-electron chi connectivity index (χ4n) is 1.43. The molecule has 2 heteroatoms. The highest BCUT2D eigenvalue weighted by atomic mass is 16.5. The van der Waals surface area contributed by atoms with Gasteiger partial charge in [-0.25, -0.2) is 0 Å². The third-order valence-electron chi connectivity index (χ3n) is 2.54. The zero-order valence-corrected chi connectivity index (χ0v) is 9.37. The van der Waals surface area contributed by atoms with Crippen LogP contribution >= 0.6 is 0 Å². The maximum Gasteiger partial charge on any atom is 0.122 e. The molecule has 0 bridgehead atoms. The van der Waals surface area contributed by atoms with Gasteiger partial charge >= 0.3 is 0 Å². The Balaban J connectivity index is 3.00. The summed E-state index contributed by atoms with van der Waals surface area (Å²) in [7, 11) is 1.69. The van der Waals surface area contributed by atoms with Crippen molar-refractivity contribution >= 4 is 0 Å². The lowest BCUT2D eigenvalue weighted by Crippen LogP contribution is -2.16. The van der Waals surface area contributed by atoms with Crippen molar-refractivity contribution in [3.63, 3.8) is 0 Å². The predicted molar refractivity (Wildman–Crippen MR) is 59.5 cm³/mol. The van der Waals surface area contributed by atoms with Gasteiger partial charge in [-0.2, -0.15) is 0 Å². The van der Waals surface area contributed by atoms with E-state index < -0.39 is 0 Å². The summed E-state index contributed by atoms with van der Waals surface area (Å²) in [5.74, 6) is 1.36. The Kier molecular flexibility index (Phi) is 3.53. The quantitative estimate of drug-likeness (QED) is 0.801. The molecule has 0 fully saturated rings. The molecular weight excluding hydrogens is 174 g/mol. The van der Waals surface area contributed by atoms with Crippen molar-refractivity contribution in [2.24, 2.45) is 11.7 Å². The predicted octanol–water partition coefficient (Wildman–Crippen LogP) is 2.66. The van der Waals surface area contributed by atoms with Crippen molar-refractivity contribution in [3.8, 4) is 5.75 Å². The number of aryl methyl sites for hydroxylation is 1. The first-order valence-electron chi connectivity index (χ1n) is 4.96. The second kappa shape index (κ2) is 4.47. The van der Waals surface area contributed by atoms with Crippen molar-refractivity contribution in [2.75, 3.05) is 7.11 Å². The topological polar surface area (TPSA) is 35.2 Å². The van der Waals surface area contributed by atoms with E-state index in [1.54, 1.807) is 7.11 Å². The average molecular weight is 193 g/mol. The third-order valence-corrected chi connectivity index (χ3v) is 2.54. The van der Waals surface area contributed by atoms with Crippen molar-refractivity contribution < 1.29 is 4.74 Å². The van der Waals surface area contributed by atoms with E-state index in [2.05, 4.69) is 26.0 Å². The van der Waals surface area contributed by atoms with Crippen LogP contribution in [-0.2, 0) is 0 Å². The van der Waals surface area contributed by atoms with Crippen LogP contribution in [0.3, 0.4) is 0 Å². The van der Waals surface area contributed by atoms with Crippen molar-refractivity contribution in [1.29, 1.82) is 0 Å². The zero-order chi connectivity index (χ0) is 10.7. The van der Waals surface area contributed by atoms with Crippen LogP contribution in [-0.4, -0.2) is 7.11 Å². The molecule has 78 valence electrons. The molecule has 0 heterocycles. The molecule has 0 radical (unpaired) electrons. The molecule has 1 aromatic carbocycles. The van der Waals surface area contributed by atoms with Crippen LogP contribution in [0.1, 0.15) is 31.0 Å². The molecule has 0 amide bonds. The summed E-state index contributed by atoms with van der Waals surface area (Å²) in [6, 6.07) is 6.24. The molecule has 0 spiro atoms. The van der Waals surface area contributed by atoms with Crippen molar-refractivity contribution in [3.05, 3.63) is 29.3 Å². The second-order valence-electron chi connectivity index (χ2n) is 4.00. The standard InChI is InChI=1S/C12H19NO/c1-8(2)12(13)10-6-5-9(3)11(7-10)14-4/h5-8,12H,13H2,1-4H3/t12-/m1/s1. The molecule has 0 saturated heterocycles. The van der Waals surface area contributed by atoms with E-state index in [0.29, 0.717) is 5.92 Å². The molecule has 0 unspecified atom stereocenters. The first-order valence-corrected chi connectivity index (χ1v) is 4.96. The van der Waals surface area contributed by atoms with Gasteiger partial charge in [0.1, 0.15) is 5.75 Å². The molecule has 2 nitrogen and oxygen atoms in total. The summed E-state index contributed by atoms with van der Waals surface area (Å²) in [6.07, 6.45) is 0. The molecular formula is C12H19NO. The van der Waals surface area contributed by atoms with Gasteiger partial charge in [0.25, 0.3) is 0 Å². The molecule has 1 atom stereocenters. The molecule has 14 heavy (non-hydrogen) atoms. The highest BCUT2D eigenvalue weighted by Crippen LogP contribution is 2.25. The number of methoxy groups -OCH3 is 1. The molecule has 1 rings (SSSR count). The van der Waals surface area contributed by atoms with Gasteiger partial charge in [0.2, 0.25) is 0 Å². The molecule has 0 saturated carbocycles. The third kappa shape index (κ3) is 2.26. The van der Waals surface area contributed by atoms with E-state index in [1.807, 2.05) is 13.0 Å². The fourth-order valence-corrected chi connectivity index (χ4v) is 1.43. The van der Waals surface area contributed by atoms with Crippen molar-refractivity contribution in [2.45, 2.75) is 26.8 Å². The van der Waals surface area contributed by atoms with Crippen LogP contribution in [0.2, 0.25) is 0 Å². The van der Waals surface area contributed by atoms with E-state index in [9.17, 15) is 0 Å². The van der Waals surface area contributed by atoms with Gasteiger partial charge in [0, 0.05) is 6.04 Å². The summed E-state index contributed by atoms with van der Waals surface area (Å²) in [4.78, 5) is 0. The average Bonchev–Trinajstić information content (AvgIpc) is 2.17. The largest absolute Gasteiger partial charge is 0.496 e. The zero-order valence-electron chi connectivity index (χ0n) is 9.37. The molecule has 0 aromatic heterocycles. The lowest BCUT2D eigenvalue weighted by Gasteiger charge is -2.17. The van der Waals surface area contributed by atoms with Crippen LogP contribution < -0.4 is 10.5 Å². The van der Waals surface area contributed by atoms with Crippen LogP contribution in [0.5, 0.6) is 5.75 Å². The summed E-state index contributed by atoms with van der Waals surface area (Å²) < 4.78 is 5.26. The van der Waals surface area contributed by atoms with Crippen molar-refractivity contribution in [1.82, 2.24) is 0 Å². The smallest absolute Gasteiger partial charge is 0.122 e. The number of ether oxygens (including phenoxy) is 1. The van der Waals surface area contributed by atoms with E-state index in [-0.39, 0.29) is 6.04 Å². The first-order chi connectivity index (χ1) is 6.56. The van der Waals surface area contributed by atoms with Crippen LogP contribution in [0.15, 0.2) is 18.2 Å². The lowest BCUT2D eigenvalue weighted by molar-refractivity contribution is 0.409. The molecule has 0 aliphatic heterocycles. The monoisotopic (exact) mass is 193 g/mol. The lowest BCUT2D eigenvalue weighted by atomic mass is 9.96. The van der Waals surface area contributed by atoms with Gasteiger partial charge in [0.15, 0.2) is 0 Å². The summed E-state index contributed by atoms with van der Waals surface area (Å²) in [6.45, 7) is 6.28. The first kappa shape index (κ1) is 11.1. The maximum atomic E-state index is 6.06. The Hall–Kier alpha value is -1.02. The van der Waals surface area contributed by atoms with Crippen LogP contribution in [0, 0.1) is 12.8 Å². The Bertz CT molecular complexity index is 307. The molecule has 0 aliphatic carbocycles. The normalized spacial score (nSPS) is 13.0. The van der Waals surface area contributed by atoms with Gasteiger partial charge in [-0.05, 0) is 30.0 Å². The van der Waals surface area contributed by atoms with Crippen LogP contribution in [0.25, 0.3) is 0 Å². The molecule has 0 aliphatic rings. The second-order valence-corrected chi connectivity index (χ2v) is 4.00. The van der Waals surface area contributed by atoms with Gasteiger partial charge in [-0.1, -0.05) is 26.0 Å². The summed E-state index contributed by atoms with van der Waals surface area (Å²) >= 11 is 0. The Morgan fingerprint density at radius 1 is 1.29 bits per heavy atom. The Labute approximate surface area is 86.1 Å². The highest BCUT2D eigenvalue weighted by Gasteiger charge is 2.11. The highest BCUT2D eigenvalue weighted by molar-refractivity contribution is 5.37. The van der Waals surface area contributed by atoms with E-state index in [4.69, 9.17) is 10.5 Å². The summed E-state index contributed by atoms with van der Waals surface area (Å²) in [5, 5.41) is 0. The fraction of sp³-hybridized carbons (Fsp3) is 0.500. The van der Waals surface area contributed by atoms with E-state index >= 15 is 0 Å². The molecule has 1 aromatic rings. The number of nitrogens with two attached hydrogens (primary N) is 1. The Morgan fingerprint density at radius 3 is 2.43 bits per heavy atom. The number of benzene rings is 1. The van der Waals surface area contributed by atoms with Gasteiger partial charge in [-0.3, -0.25) is 0 Å². The maximum absolute atomic E-state index is 6.06. The minimum atomic E-state index is 0.0875. The number of rotatable bonds is 3. The van der Waals surface area contributed by atoms with Gasteiger partial charge in [0.05, 0.1) is 7.11 Å².